The number of benzene rings is 2. The van der Waals surface area contributed by atoms with Crippen LogP contribution in [0, 0.1) is 6.92 Å². The molecule has 0 aliphatic carbocycles. The van der Waals surface area contributed by atoms with Gasteiger partial charge in [-0.05, 0) is 23.3 Å². The van der Waals surface area contributed by atoms with Crippen LogP contribution in [0.2, 0.25) is 0 Å². The number of ether oxygens (including phenoxy) is 1. The molecule has 0 aliphatic heterocycles. The largest absolute Gasteiger partial charge is 0.456 e. The van der Waals surface area contributed by atoms with Crippen molar-refractivity contribution in [3.8, 4) is 0 Å². The molecule has 3 aromatic rings. The second-order valence-electron chi connectivity index (χ2n) is 5.61. The van der Waals surface area contributed by atoms with Crippen molar-refractivity contribution in [2.45, 2.75) is 32.9 Å². The standard InChI is InChI=1S/C19H20N2O2/c1-3-19(22)23-18(12-21-11-10-20-13-21)17-9-8-14(2)15-6-4-5-7-16(15)17/h4-11,13,18H,3,12H2,1-2H3. The zero-order valence-electron chi connectivity index (χ0n) is 13.4. The quantitative estimate of drug-likeness (QED) is 0.668. The average molecular weight is 308 g/mol. The third kappa shape index (κ3) is 3.26. The topological polar surface area (TPSA) is 44.1 Å². The van der Waals surface area contributed by atoms with Crippen molar-refractivity contribution in [3.63, 3.8) is 0 Å². The Labute approximate surface area is 135 Å². The molecular weight excluding hydrogens is 288 g/mol. The first-order valence-corrected chi connectivity index (χ1v) is 7.82. The monoisotopic (exact) mass is 308 g/mol. The predicted octanol–water partition coefficient (Wildman–Crippen LogP) is 4.04. The van der Waals surface area contributed by atoms with Crippen LogP contribution in [0.1, 0.15) is 30.6 Å². The molecule has 1 atom stereocenters. The molecule has 0 amide bonds. The minimum absolute atomic E-state index is 0.195. The maximum atomic E-state index is 11.9. The number of carbonyl (C=O) groups is 1. The summed E-state index contributed by atoms with van der Waals surface area (Å²) < 4.78 is 7.65. The lowest BCUT2D eigenvalue weighted by Gasteiger charge is -2.21. The Hall–Kier alpha value is -2.62. The van der Waals surface area contributed by atoms with E-state index in [9.17, 15) is 4.79 Å². The van der Waals surface area contributed by atoms with E-state index in [0.29, 0.717) is 13.0 Å². The molecule has 118 valence electrons. The highest BCUT2D eigenvalue weighted by Crippen LogP contribution is 2.30. The molecule has 0 radical (unpaired) electrons. The van der Waals surface area contributed by atoms with Gasteiger partial charge in [0, 0.05) is 24.4 Å². The number of imidazole rings is 1. The van der Waals surface area contributed by atoms with Gasteiger partial charge >= 0.3 is 5.97 Å². The Morgan fingerprint density at radius 2 is 2.00 bits per heavy atom. The number of hydrogen-bond acceptors (Lipinski definition) is 3. The summed E-state index contributed by atoms with van der Waals surface area (Å²) in [7, 11) is 0. The van der Waals surface area contributed by atoms with Gasteiger partial charge in [0.05, 0.1) is 12.9 Å². The summed E-state index contributed by atoms with van der Waals surface area (Å²) in [5, 5.41) is 2.31. The van der Waals surface area contributed by atoms with Crippen LogP contribution in [0.4, 0.5) is 0 Å². The molecule has 0 bridgehead atoms. The molecule has 3 rings (SSSR count). The Kier molecular flexibility index (Phi) is 4.42. The van der Waals surface area contributed by atoms with E-state index in [1.165, 1.54) is 10.9 Å². The SMILES string of the molecule is CCC(=O)OC(Cn1ccnc1)c1ccc(C)c2ccccc12. The van der Waals surface area contributed by atoms with Crippen molar-refractivity contribution in [2.75, 3.05) is 0 Å². The lowest BCUT2D eigenvalue weighted by atomic mass is 9.97. The van der Waals surface area contributed by atoms with Crippen molar-refractivity contribution >= 4 is 16.7 Å². The van der Waals surface area contributed by atoms with Gasteiger partial charge in [0.2, 0.25) is 0 Å². The molecule has 1 heterocycles. The molecular formula is C19H20N2O2. The van der Waals surface area contributed by atoms with Gasteiger partial charge in [-0.2, -0.15) is 0 Å². The third-order valence-electron chi connectivity index (χ3n) is 4.02. The van der Waals surface area contributed by atoms with Crippen molar-refractivity contribution in [1.29, 1.82) is 0 Å². The second kappa shape index (κ2) is 6.65. The lowest BCUT2D eigenvalue weighted by molar-refractivity contribution is -0.149. The Balaban J connectivity index is 2.05. The molecule has 0 fully saturated rings. The van der Waals surface area contributed by atoms with Gasteiger partial charge in [0.25, 0.3) is 0 Å². The first-order valence-electron chi connectivity index (χ1n) is 7.82. The third-order valence-corrected chi connectivity index (χ3v) is 4.02. The first-order chi connectivity index (χ1) is 11.2. The van der Waals surface area contributed by atoms with E-state index >= 15 is 0 Å². The summed E-state index contributed by atoms with van der Waals surface area (Å²) in [5.41, 5.74) is 2.24. The zero-order valence-corrected chi connectivity index (χ0v) is 13.4. The highest BCUT2D eigenvalue weighted by atomic mass is 16.5. The molecule has 0 N–H and O–H groups in total. The van der Waals surface area contributed by atoms with Crippen LogP contribution in [0.15, 0.2) is 55.1 Å². The predicted molar refractivity (Wildman–Crippen MR) is 90.0 cm³/mol. The highest BCUT2D eigenvalue weighted by molar-refractivity contribution is 5.89. The summed E-state index contributed by atoms with van der Waals surface area (Å²) in [6.45, 7) is 4.46. The molecule has 4 heteroatoms. The normalized spacial score (nSPS) is 12.3. The zero-order chi connectivity index (χ0) is 16.2. The van der Waals surface area contributed by atoms with Crippen molar-refractivity contribution < 1.29 is 9.53 Å². The van der Waals surface area contributed by atoms with Gasteiger partial charge in [0.1, 0.15) is 6.10 Å². The minimum atomic E-state index is -0.331. The van der Waals surface area contributed by atoms with Gasteiger partial charge in [-0.15, -0.1) is 0 Å². The maximum Gasteiger partial charge on any atom is 0.306 e. The number of fused-ring (bicyclic) bond motifs is 1. The molecule has 23 heavy (non-hydrogen) atoms. The fraction of sp³-hybridized carbons (Fsp3) is 0.263. The number of aromatic nitrogens is 2. The number of rotatable bonds is 5. The maximum absolute atomic E-state index is 11.9. The van der Waals surface area contributed by atoms with Gasteiger partial charge in [-0.1, -0.05) is 43.3 Å². The van der Waals surface area contributed by atoms with Gasteiger partial charge in [-0.3, -0.25) is 4.79 Å². The van der Waals surface area contributed by atoms with Crippen molar-refractivity contribution in [2.24, 2.45) is 0 Å². The summed E-state index contributed by atoms with van der Waals surface area (Å²) in [6, 6.07) is 12.4. The number of nitrogens with zero attached hydrogens (tertiary/aromatic N) is 2. The molecule has 2 aromatic carbocycles. The van der Waals surface area contributed by atoms with Gasteiger partial charge in [-0.25, -0.2) is 4.98 Å². The van der Waals surface area contributed by atoms with Crippen molar-refractivity contribution in [1.82, 2.24) is 9.55 Å². The van der Waals surface area contributed by atoms with Crippen LogP contribution < -0.4 is 0 Å². The van der Waals surface area contributed by atoms with E-state index in [2.05, 4.69) is 36.2 Å². The van der Waals surface area contributed by atoms with Crippen LogP contribution in [0.5, 0.6) is 0 Å². The lowest BCUT2D eigenvalue weighted by Crippen LogP contribution is -2.16. The molecule has 0 spiro atoms. The van der Waals surface area contributed by atoms with E-state index in [-0.39, 0.29) is 12.1 Å². The fourth-order valence-electron chi connectivity index (χ4n) is 2.78. The molecule has 0 saturated carbocycles. The minimum Gasteiger partial charge on any atom is -0.456 e. The van der Waals surface area contributed by atoms with E-state index in [1.54, 1.807) is 12.5 Å². The van der Waals surface area contributed by atoms with Crippen LogP contribution in [-0.2, 0) is 16.1 Å². The van der Waals surface area contributed by atoms with Gasteiger partial charge in [0.15, 0.2) is 0 Å². The highest BCUT2D eigenvalue weighted by Gasteiger charge is 2.19. The summed E-state index contributed by atoms with van der Waals surface area (Å²) in [6.07, 6.45) is 5.38. The Morgan fingerprint density at radius 3 is 2.70 bits per heavy atom. The van der Waals surface area contributed by atoms with Crippen molar-refractivity contribution in [3.05, 3.63) is 66.2 Å². The summed E-state index contributed by atoms with van der Waals surface area (Å²) in [4.78, 5) is 15.9. The number of carbonyl (C=O) groups excluding carboxylic acids is 1. The molecule has 0 aliphatic rings. The smallest absolute Gasteiger partial charge is 0.306 e. The van der Waals surface area contributed by atoms with E-state index in [4.69, 9.17) is 4.74 Å². The van der Waals surface area contributed by atoms with Crippen LogP contribution in [-0.4, -0.2) is 15.5 Å². The number of esters is 1. The van der Waals surface area contributed by atoms with Crippen LogP contribution in [0.3, 0.4) is 0 Å². The molecule has 4 nitrogen and oxygen atoms in total. The summed E-state index contributed by atoms with van der Waals surface area (Å²) >= 11 is 0. The van der Waals surface area contributed by atoms with Crippen LogP contribution >= 0.6 is 0 Å². The van der Waals surface area contributed by atoms with E-state index in [0.717, 1.165) is 10.9 Å². The Morgan fingerprint density at radius 1 is 1.22 bits per heavy atom. The number of aryl methyl sites for hydroxylation is 1. The average Bonchev–Trinajstić information content (AvgIpc) is 3.08. The number of hydrogen-bond donors (Lipinski definition) is 0. The molecule has 0 saturated heterocycles. The van der Waals surface area contributed by atoms with E-state index in [1.807, 2.05) is 29.8 Å². The van der Waals surface area contributed by atoms with Gasteiger partial charge < -0.3 is 9.30 Å². The molecule has 1 unspecified atom stereocenters. The first kappa shape index (κ1) is 15.3. The van der Waals surface area contributed by atoms with E-state index < -0.39 is 0 Å². The Bertz CT molecular complexity index is 809. The fourth-order valence-corrected chi connectivity index (χ4v) is 2.78. The second-order valence-corrected chi connectivity index (χ2v) is 5.61. The van der Waals surface area contributed by atoms with Crippen LogP contribution in [0.25, 0.3) is 10.8 Å². The summed E-state index contributed by atoms with van der Waals surface area (Å²) in [5.74, 6) is -0.195. The molecule has 1 aromatic heterocycles.